The van der Waals surface area contributed by atoms with Crippen LogP contribution in [0.15, 0.2) is 54.6 Å². The van der Waals surface area contributed by atoms with Crippen molar-refractivity contribution < 1.29 is 63.0 Å². The lowest BCUT2D eigenvalue weighted by atomic mass is 9.85. The quantitative estimate of drug-likeness (QED) is 0.0501. The van der Waals surface area contributed by atoms with Crippen molar-refractivity contribution in [2.75, 3.05) is 5.32 Å². The first-order chi connectivity index (χ1) is 32.8. The van der Waals surface area contributed by atoms with Crippen LogP contribution in [0.4, 0.5) is 5.69 Å². The SMILES string of the molecule is CCCCC(NC(=O)[C@H](CC(C)C)NC(=O)[C@@H](NC(=O)[C@H](Cc1ccccc1C)NC(=O)[C@H](CCC(=O)O)NC(=O)[C@H](CC(=O)O)NC(=O)CCCC(=O)Nc1ccccc1)C(C)(C)C)C(=O)C(N)=O. The predicted molar refractivity (Wildman–Crippen MR) is 257 cm³/mol. The summed E-state index contributed by atoms with van der Waals surface area (Å²) in [6.45, 7) is 12.1. The van der Waals surface area contributed by atoms with Crippen LogP contribution in [0.2, 0.25) is 0 Å². The fourth-order valence-corrected chi connectivity index (χ4v) is 7.15. The molecule has 0 bridgehead atoms. The molecule has 2 rings (SSSR count). The minimum absolute atomic E-state index is 0.0333. The second-order valence-corrected chi connectivity index (χ2v) is 18.6. The fraction of sp³-hybridized carbons (Fsp3) is 0.531. The molecule has 8 amide bonds. The second kappa shape index (κ2) is 29.0. The molecule has 0 aliphatic rings. The Kier molecular flexibility index (Phi) is 24.4. The Balaban J connectivity index is 2.41. The highest BCUT2D eigenvalue weighted by atomic mass is 16.4. The summed E-state index contributed by atoms with van der Waals surface area (Å²) in [5, 5.41) is 37.0. The van der Waals surface area contributed by atoms with E-state index >= 15 is 0 Å². The Morgan fingerprint density at radius 3 is 1.70 bits per heavy atom. The average Bonchev–Trinajstić information content (AvgIpc) is 3.27. The van der Waals surface area contributed by atoms with Crippen LogP contribution in [0.3, 0.4) is 0 Å². The number of anilines is 1. The monoisotopic (exact) mass is 979 g/mol. The molecule has 2 aromatic rings. The Labute approximate surface area is 408 Å². The van der Waals surface area contributed by atoms with E-state index in [0.29, 0.717) is 29.7 Å². The number of carbonyl (C=O) groups is 11. The number of amides is 8. The number of carbonyl (C=O) groups excluding carboxylic acids is 9. The normalized spacial score (nSPS) is 13.7. The van der Waals surface area contributed by atoms with E-state index < -0.39 is 120 Å². The molecule has 21 heteroatoms. The van der Waals surface area contributed by atoms with Gasteiger partial charge >= 0.3 is 11.9 Å². The van der Waals surface area contributed by atoms with E-state index in [-0.39, 0.29) is 50.4 Å². The van der Waals surface area contributed by atoms with Crippen LogP contribution in [0, 0.1) is 18.3 Å². The minimum Gasteiger partial charge on any atom is -0.481 e. The summed E-state index contributed by atoms with van der Waals surface area (Å²) >= 11 is 0. The lowest BCUT2D eigenvalue weighted by Gasteiger charge is -2.34. The zero-order valence-electron chi connectivity index (χ0n) is 41.0. The molecule has 0 saturated carbocycles. The van der Waals surface area contributed by atoms with Gasteiger partial charge in [0.25, 0.3) is 5.91 Å². The van der Waals surface area contributed by atoms with Gasteiger partial charge in [-0.15, -0.1) is 0 Å². The van der Waals surface area contributed by atoms with Crippen molar-refractivity contribution in [3.63, 3.8) is 0 Å². The van der Waals surface area contributed by atoms with Crippen molar-refractivity contribution in [3.8, 4) is 0 Å². The molecule has 0 spiro atoms. The first kappa shape index (κ1) is 58.9. The number of hydrogen-bond acceptors (Lipinski definition) is 11. The largest absolute Gasteiger partial charge is 0.481 e. The van der Waals surface area contributed by atoms with E-state index in [9.17, 15) is 63.0 Å². The predicted octanol–water partition coefficient (Wildman–Crippen LogP) is 1.93. The van der Waals surface area contributed by atoms with E-state index in [1.54, 1.807) is 96.1 Å². The maximum atomic E-state index is 14.4. The van der Waals surface area contributed by atoms with Crippen molar-refractivity contribution in [2.45, 2.75) is 155 Å². The van der Waals surface area contributed by atoms with Crippen LogP contribution >= 0.6 is 0 Å². The maximum Gasteiger partial charge on any atom is 0.305 e. The van der Waals surface area contributed by atoms with Gasteiger partial charge in [0.2, 0.25) is 47.1 Å². The molecule has 0 aliphatic carbocycles. The fourth-order valence-electron chi connectivity index (χ4n) is 7.15. The van der Waals surface area contributed by atoms with Gasteiger partial charge in [-0.25, -0.2) is 0 Å². The van der Waals surface area contributed by atoms with Gasteiger partial charge in [0.05, 0.1) is 12.5 Å². The number of benzene rings is 2. The number of nitrogens with two attached hydrogens (primary N) is 1. The van der Waals surface area contributed by atoms with Crippen LogP contribution in [-0.2, 0) is 59.2 Å². The number of Topliss-reactive ketones (excluding diaryl/α,β-unsaturated/α-hetero) is 1. The van der Waals surface area contributed by atoms with Crippen LogP contribution in [0.1, 0.15) is 117 Å². The second-order valence-electron chi connectivity index (χ2n) is 18.6. The number of rotatable bonds is 30. The molecule has 11 N–H and O–H groups in total. The molecule has 384 valence electrons. The van der Waals surface area contributed by atoms with E-state index in [1.165, 1.54) is 0 Å². The molecule has 0 aromatic heterocycles. The van der Waals surface area contributed by atoms with Gasteiger partial charge in [-0.2, -0.15) is 0 Å². The zero-order chi connectivity index (χ0) is 52.7. The molecule has 0 radical (unpaired) electrons. The summed E-state index contributed by atoms with van der Waals surface area (Å²) in [6, 6.07) is 6.71. The van der Waals surface area contributed by atoms with Crippen LogP contribution in [0.5, 0.6) is 0 Å². The highest BCUT2D eigenvalue weighted by Gasteiger charge is 2.39. The van der Waals surface area contributed by atoms with E-state index in [0.717, 1.165) is 0 Å². The number of carboxylic acid groups (broad SMARTS) is 2. The molecule has 2 aromatic carbocycles. The Hall–Kier alpha value is -7.19. The highest BCUT2D eigenvalue weighted by molar-refractivity contribution is 6.37. The summed E-state index contributed by atoms with van der Waals surface area (Å²) in [4.78, 5) is 143. The molecule has 0 aliphatic heterocycles. The van der Waals surface area contributed by atoms with E-state index in [4.69, 9.17) is 5.73 Å². The number of primary amides is 1. The first-order valence-electron chi connectivity index (χ1n) is 23.3. The third kappa shape index (κ3) is 21.4. The van der Waals surface area contributed by atoms with Crippen molar-refractivity contribution >= 4 is 70.7 Å². The highest BCUT2D eigenvalue weighted by Crippen LogP contribution is 2.21. The molecule has 6 atom stereocenters. The number of hydrogen-bond donors (Lipinski definition) is 10. The molecular formula is C49H70N8O13. The number of para-hydroxylation sites is 1. The maximum absolute atomic E-state index is 14.4. The number of ketones is 1. The Morgan fingerprint density at radius 2 is 1.13 bits per heavy atom. The summed E-state index contributed by atoms with van der Waals surface area (Å²) in [7, 11) is 0. The number of carboxylic acids is 2. The van der Waals surface area contributed by atoms with Gasteiger partial charge in [0, 0.05) is 31.4 Å². The minimum atomic E-state index is -1.74. The topological polar surface area (TPSA) is 338 Å². The van der Waals surface area contributed by atoms with Crippen molar-refractivity contribution in [1.82, 2.24) is 31.9 Å². The third-order valence-electron chi connectivity index (χ3n) is 11.0. The Morgan fingerprint density at radius 1 is 0.586 bits per heavy atom. The van der Waals surface area contributed by atoms with Crippen molar-refractivity contribution in [1.29, 1.82) is 0 Å². The lowest BCUT2D eigenvalue weighted by Crippen LogP contribution is -2.62. The van der Waals surface area contributed by atoms with Gasteiger partial charge < -0.3 is 53.2 Å². The van der Waals surface area contributed by atoms with Crippen LogP contribution in [-0.4, -0.2) is 111 Å². The molecule has 0 saturated heterocycles. The summed E-state index contributed by atoms with van der Waals surface area (Å²) in [6.07, 6.45) is -1.28. The van der Waals surface area contributed by atoms with Crippen LogP contribution < -0.4 is 43.0 Å². The molecule has 70 heavy (non-hydrogen) atoms. The van der Waals surface area contributed by atoms with E-state index in [2.05, 4.69) is 37.2 Å². The van der Waals surface area contributed by atoms with E-state index in [1.807, 2.05) is 6.92 Å². The number of unbranched alkanes of at least 4 members (excludes halogenated alkanes) is 1. The van der Waals surface area contributed by atoms with Crippen molar-refractivity contribution in [2.24, 2.45) is 17.1 Å². The molecule has 0 heterocycles. The summed E-state index contributed by atoms with van der Waals surface area (Å²) in [5.41, 5.74) is 6.05. The number of aryl methyl sites for hydroxylation is 1. The van der Waals surface area contributed by atoms with Gasteiger partial charge in [-0.05, 0) is 67.2 Å². The zero-order valence-corrected chi connectivity index (χ0v) is 41.0. The van der Waals surface area contributed by atoms with Crippen LogP contribution in [0.25, 0.3) is 0 Å². The molecule has 1 unspecified atom stereocenters. The summed E-state index contributed by atoms with van der Waals surface area (Å²) < 4.78 is 0. The van der Waals surface area contributed by atoms with Gasteiger partial charge in [-0.1, -0.05) is 96.8 Å². The lowest BCUT2D eigenvalue weighted by molar-refractivity contribution is -0.141. The average molecular weight is 979 g/mol. The molecule has 0 fully saturated rings. The van der Waals surface area contributed by atoms with Crippen molar-refractivity contribution in [3.05, 3.63) is 65.7 Å². The smallest absolute Gasteiger partial charge is 0.305 e. The molecule has 21 nitrogen and oxygen atoms in total. The third-order valence-corrected chi connectivity index (χ3v) is 11.0. The van der Waals surface area contributed by atoms with Gasteiger partial charge in [0.15, 0.2) is 0 Å². The first-order valence-corrected chi connectivity index (χ1v) is 23.3. The van der Waals surface area contributed by atoms with Gasteiger partial charge in [-0.3, -0.25) is 52.7 Å². The summed E-state index contributed by atoms with van der Waals surface area (Å²) in [5.74, 6) is -11.1. The Bertz CT molecular complexity index is 2180. The van der Waals surface area contributed by atoms with Gasteiger partial charge in [0.1, 0.15) is 30.2 Å². The number of nitrogens with one attached hydrogen (secondary N) is 7. The standard InChI is InChI=1S/C49H70N8O13/c1-8-9-20-32(41(64)43(50)65)53-45(67)34(25-28(2)3)56-48(70)42(49(5,6)7)57-47(69)35(26-30-17-14-13-16-29(30)4)55-44(66)33(23-24-39(60)61)54-46(68)36(27-40(62)63)52-38(59)22-15-21-37(58)51-31-18-11-10-12-19-31/h10-14,16-19,28,32-36,42H,8-9,15,20-27H2,1-7H3,(H2,50,65)(H,51,58)(H,52,59)(H,53,67)(H,54,68)(H,55,66)(H,56,70)(H,57,69)(H,60,61)(H,62,63)/t32?,33-,34-,35-,36-,42+/m0/s1. The molecular weight excluding hydrogens is 909 g/mol. The number of aliphatic carboxylic acids is 2.